The predicted molar refractivity (Wildman–Crippen MR) is 88.5 cm³/mol. The van der Waals surface area contributed by atoms with Crippen molar-refractivity contribution in [2.75, 3.05) is 0 Å². The SMILES string of the molecule is O=C(NC1CCCCC1)C1CCC(=O)N1S(=O)(=O)c1ccccc1. The number of hydrogen-bond acceptors (Lipinski definition) is 4. The van der Waals surface area contributed by atoms with Crippen LogP contribution in [-0.4, -0.2) is 36.6 Å². The van der Waals surface area contributed by atoms with E-state index in [0.717, 1.165) is 30.0 Å². The Kier molecular flexibility index (Phi) is 4.89. The molecule has 0 bridgehead atoms. The molecule has 7 heteroatoms. The van der Waals surface area contributed by atoms with Crippen LogP contribution in [0, 0.1) is 0 Å². The monoisotopic (exact) mass is 350 g/mol. The van der Waals surface area contributed by atoms with Gasteiger partial charge in [-0.05, 0) is 31.4 Å². The van der Waals surface area contributed by atoms with Crippen LogP contribution >= 0.6 is 0 Å². The molecule has 0 spiro atoms. The van der Waals surface area contributed by atoms with Gasteiger partial charge in [0.25, 0.3) is 10.0 Å². The highest BCUT2D eigenvalue weighted by atomic mass is 32.2. The lowest BCUT2D eigenvalue weighted by Crippen LogP contribution is -2.50. The third-order valence-corrected chi connectivity index (χ3v) is 6.56. The molecule has 6 nitrogen and oxygen atoms in total. The summed E-state index contributed by atoms with van der Waals surface area (Å²) in [5.74, 6) is -0.866. The average Bonchev–Trinajstić information content (AvgIpc) is 2.99. The van der Waals surface area contributed by atoms with Crippen LogP contribution in [0.1, 0.15) is 44.9 Å². The van der Waals surface area contributed by atoms with E-state index in [1.54, 1.807) is 18.2 Å². The van der Waals surface area contributed by atoms with Crippen molar-refractivity contribution in [3.8, 4) is 0 Å². The molecule has 3 rings (SSSR count). The normalized spacial score (nSPS) is 22.6. The van der Waals surface area contributed by atoms with Crippen molar-refractivity contribution in [2.45, 2.75) is 61.9 Å². The van der Waals surface area contributed by atoms with Gasteiger partial charge in [-0.2, -0.15) is 0 Å². The molecule has 1 heterocycles. The lowest BCUT2D eigenvalue weighted by Gasteiger charge is -2.28. The second-order valence-electron chi connectivity index (χ2n) is 6.41. The quantitative estimate of drug-likeness (QED) is 0.898. The maximum Gasteiger partial charge on any atom is 0.267 e. The van der Waals surface area contributed by atoms with Gasteiger partial charge in [0.1, 0.15) is 6.04 Å². The van der Waals surface area contributed by atoms with Crippen molar-refractivity contribution in [2.24, 2.45) is 0 Å². The van der Waals surface area contributed by atoms with Crippen LogP contribution in [0.5, 0.6) is 0 Å². The van der Waals surface area contributed by atoms with Gasteiger partial charge in [-0.3, -0.25) is 9.59 Å². The minimum atomic E-state index is -4.00. The Bertz CT molecular complexity index is 711. The average molecular weight is 350 g/mol. The van der Waals surface area contributed by atoms with Gasteiger partial charge in [0, 0.05) is 12.5 Å². The topological polar surface area (TPSA) is 83.6 Å². The van der Waals surface area contributed by atoms with Crippen LogP contribution in [0.3, 0.4) is 0 Å². The molecule has 1 saturated heterocycles. The van der Waals surface area contributed by atoms with Crippen LogP contribution in [0.2, 0.25) is 0 Å². The van der Waals surface area contributed by atoms with Crippen molar-refractivity contribution in [1.29, 1.82) is 0 Å². The standard InChI is InChI=1S/C17H22N2O4S/c20-16-12-11-15(17(21)18-13-7-3-1-4-8-13)19(16)24(22,23)14-9-5-2-6-10-14/h2,5-6,9-10,13,15H,1,3-4,7-8,11-12H2,(H,18,21). The molecule has 2 fully saturated rings. The van der Waals surface area contributed by atoms with E-state index in [-0.39, 0.29) is 29.7 Å². The predicted octanol–water partition coefficient (Wildman–Crippen LogP) is 1.82. The highest BCUT2D eigenvalue weighted by Gasteiger charge is 2.44. The first-order valence-electron chi connectivity index (χ1n) is 8.43. The molecule has 2 amide bonds. The summed E-state index contributed by atoms with van der Waals surface area (Å²) in [6, 6.07) is 6.94. The summed E-state index contributed by atoms with van der Waals surface area (Å²) in [7, 11) is -4.00. The fourth-order valence-electron chi connectivity index (χ4n) is 3.45. The van der Waals surface area contributed by atoms with Gasteiger partial charge in [-0.25, -0.2) is 12.7 Å². The van der Waals surface area contributed by atoms with Gasteiger partial charge >= 0.3 is 0 Å². The Labute approximate surface area is 142 Å². The molecule has 1 N–H and O–H groups in total. The summed E-state index contributed by atoms with van der Waals surface area (Å²) in [4.78, 5) is 24.8. The third-order valence-electron chi connectivity index (χ3n) is 4.71. The van der Waals surface area contributed by atoms with E-state index < -0.39 is 22.0 Å². The molecule has 1 unspecified atom stereocenters. The summed E-state index contributed by atoms with van der Waals surface area (Å²) < 4.78 is 26.3. The number of sulfonamides is 1. The first-order chi connectivity index (χ1) is 11.5. The van der Waals surface area contributed by atoms with Crippen LogP contribution in [0.15, 0.2) is 35.2 Å². The molecule has 0 radical (unpaired) electrons. The minimum Gasteiger partial charge on any atom is -0.352 e. The van der Waals surface area contributed by atoms with E-state index in [0.29, 0.717) is 0 Å². The number of nitrogens with one attached hydrogen (secondary N) is 1. The molecule has 1 aliphatic heterocycles. The zero-order valence-corrected chi connectivity index (χ0v) is 14.3. The summed E-state index contributed by atoms with van der Waals surface area (Å²) in [5, 5.41) is 2.94. The summed E-state index contributed by atoms with van der Waals surface area (Å²) in [6.07, 6.45) is 5.46. The van der Waals surface area contributed by atoms with Gasteiger partial charge < -0.3 is 5.32 Å². The van der Waals surface area contributed by atoms with Gasteiger partial charge in [-0.15, -0.1) is 0 Å². The van der Waals surface area contributed by atoms with Gasteiger partial charge in [0.05, 0.1) is 4.90 Å². The second-order valence-corrected chi connectivity index (χ2v) is 8.22. The van der Waals surface area contributed by atoms with Crippen LogP contribution in [0.4, 0.5) is 0 Å². The molecule has 24 heavy (non-hydrogen) atoms. The number of amides is 2. The summed E-state index contributed by atoms with van der Waals surface area (Å²) in [5.41, 5.74) is 0. The highest BCUT2D eigenvalue weighted by Crippen LogP contribution is 2.28. The van der Waals surface area contributed by atoms with Crippen LogP contribution in [-0.2, 0) is 19.6 Å². The zero-order valence-electron chi connectivity index (χ0n) is 13.5. The fourth-order valence-corrected chi connectivity index (χ4v) is 5.07. The van der Waals surface area contributed by atoms with Crippen molar-refractivity contribution in [3.05, 3.63) is 30.3 Å². The van der Waals surface area contributed by atoms with E-state index in [2.05, 4.69) is 5.32 Å². The molecule has 2 aliphatic rings. The Hall–Kier alpha value is -1.89. The second kappa shape index (κ2) is 6.93. The van der Waals surface area contributed by atoms with Crippen molar-refractivity contribution in [3.63, 3.8) is 0 Å². The number of carbonyl (C=O) groups is 2. The first-order valence-corrected chi connectivity index (χ1v) is 9.87. The molecular weight excluding hydrogens is 328 g/mol. The Morgan fingerprint density at radius 2 is 1.71 bits per heavy atom. The number of benzene rings is 1. The first kappa shape index (κ1) is 17.0. The van der Waals surface area contributed by atoms with Crippen molar-refractivity contribution >= 4 is 21.8 Å². The fraction of sp³-hybridized carbons (Fsp3) is 0.529. The van der Waals surface area contributed by atoms with Crippen molar-refractivity contribution in [1.82, 2.24) is 9.62 Å². The molecule has 1 saturated carbocycles. The van der Waals surface area contributed by atoms with E-state index in [1.807, 2.05) is 0 Å². The lowest BCUT2D eigenvalue weighted by atomic mass is 9.95. The zero-order chi connectivity index (χ0) is 17.2. The third kappa shape index (κ3) is 3.31. The maximum atomic E-state index is 12.8. The van der Waals surface area contributed by atoms with E-state index >= 15 is 0 Å². The maximum absolute atomic E-state index is 12.8. The van der Waals surface area contributed by atoms with Gasteiger partial charge in [-0.1, -0.05) is 37.5 Å². The van der Waals surface area contributed by atoms with E-state index in [1.165, 1.54) is 18.6 Å². The number of rotatable bonds is 4. The highest BCUT2D eigenvalue weighted by molar-refractivity contribution is 7.89. The summed E-state index contributed by atoms with van der Waals surface area (Å²) in [6.45, 7) is 0. The molecule has 1 aromatic carbocycles. The molecule has 0 aromatic heterocycles. The number of nitrogens with zero attached hydrogens (tertiary/aromatic N) is 1. The minimum absolute atomic E-state index is 0.0377. The van der Waals surface area contributed by atoms with E-state index in [9.17, 15) is 18.0 Å². The van der Waals surface area contributed by atoms with Crippen molar-refractivity contribution < 1.29 is 18.0 Å². The molecule has 1 aromatic rings. The molecule has 130 valence electrons. The Morgan fingerprint density at radius 3 is 2.38 bits per heavy atom. The molecule has 1 aliphatic carbocycles. The van der Waals surface area contributed by atoms with E-state index in [4.69, 9.17) is 0 Å². The smallest absolute Gasteiger partial charge is 0.267 e. The van der Waals surface area contributed by atoms with Crippen LogP contribution in [0.25, 0.3) is 0 Å². The Morgan fingerprint density at radius 1 is 1.04 bits per heavy atom. The van der Waals surface area contributed by atoms with Gasteiger partial charge in [0.15, 0.2) is 0 Å². The molecule has 1 atom stereocenters. The number of hydrogen-bond donors (Lipinski definition) is 1. The lowest BCUT2D eigenvalue weighted by molar-refractivity contribution is -0.131. The number of carbonyl (C=O) groups excluding carboxylic acids is 2. The largest absolute Gasteiger partial charge is 0.352 e. The molecular formula is C17H22N2O4S. The van der Waals surface area contributed by atoms with Crippen LogP contribution < -0.4 is 5.32 Å². The van der Waals surface area contributed by atoms with Gasteiger partial charge in [0.2, 0.25) is 11.8 Å². The summed E-state index contributed by atoms with van der Waals surface area (Å²) >= 11 is 0. The Balaban J connectivity index is 1.80.